The number of nitro benzene ring substituents is 1. The molecule has 9 heteroatoms. The van der Waals surface area contributed by atoms with Gasteiger partial charge in [0.05, 0.1) is 18.6 Å². The van der Waals surface area contributed by atoms with Crippen molar-refractivity contribution in [2.24, 2.45) is 0 Å². The van der Waals surface area contributed by atoms with Gasteiger partial charge in [-0.2, -0.15) is 0 Å². The van der Waals surface area contributed by atoms with E-state index in [2.05, 4.69) is 9.72 Å². The predicted molar refractivity (Wildman–Crippen MR) is 90.7 cm³/mol. The molecular formula is C17H19N3O6. The van der Waals surface area contributed by atoms with Gasteiger partial charge in [0.2, 0.25) is 5.89 Å². The molecule has 0 N–H and O–H groups in total. The van der Waals surface area contributed by atoms with E-state index in [0.29, 0.717) is 18.5 Å². The van der Waals surface area contributed by atoms with E-state index in [4.69, 9.17) is 4.42 Å². The van der Waals surface area contributed by atoms with Crippen LogP contribution in [-0.2, 0) is 11.3 Å². The summed E-state index contributed by atoms with van der Waals surface area (Å²) in [5, 5.41) is 11.1. The van der Waals surface area contributed by atoms with Crippen molar-refractivity contribution in [1.82, 2.24) is 9.88 Å². The summed E-state index contributed by atoms with van der Waals surface area (Å²) in [6, 6.07) is 4.34. The highest BCUT2D eigenvalue weighted by molar-refractivity contribution is 5.95. The molecule has 0 saturated heterocycles. The highest BCUT2D eigenvalue weighted by Gasteiger charge is 2.22. The second kappa shape index (κ2) is 8.24. The summed E-state index contributed by atoms with van der Waals surface area (Å²) in [7, 11) is 1.23. The Balaban J connectivity index is 2.25. The molecule has 26 heavy (non-hydrogen) atoms. The Morgan fingerprint density at radius 3 is 2.73 bits per heavy atom. The maximum Gasteiger partial charge on any atom is 0.360 e. The van der Waals surface area contributed by atoms with Gasteiger partial charge in [0, 0.05) is 23.7 Å². The number of ether oxygens (including phenoxy) is 1. The third-order valence-corrected chi connectivity index (χ3v) is 3.71. The predicted octanol–water partition coefficient (Wildman–Crippen LogP) is 2.73. The van der Waals surface area contributed by atoms with Gasteiger partial charge in [0.15, 0.2) is 5.69 Å². The van der Waals surface area contributed by atoms with Crippen LogP contribution in [0.3, 0.4) is 0 Å². The molecule has 1 heterocycles. The zero-order valence-electron chi connectivity index (χ0n) is 14.7. The van der Waals surface area contributed by atoms with Crippen molar-refractivity contribution in [2.45, 2.75) is 26.8 Å². The molecule has 0 aliphatic heterocycles. The van der Waals surface area contributed by atoms with Gasteiger partial charge in [0.1, 0.15) is 6.26 Å². The summed E-state index contributed by atoms with van der Waals surface area (Å²) >= 11 is 0. The monoisotopic (exact) mass is 361 g/mol. The molecule has 138 valence electrons. The topological polar surface area (TPSA) is 116 Å². The van der Waals surface area contributed by atoms with Crippen LogP contribution in [0.1, 0.15) is 45.6 Å². The number of hydrogen-bond acceptors (Lipinski definition) is 7. The van der Waals surface area contributed by atoms with E-state index in [1.165, 1.54) is 24.1 Å². The fraction of sp³-hybridized carbons (Fsp3) is 0.353. The van der Waals surface area contributed by atoms with E-state index < -0.39 is 10.9 Å². The second-order valence-electron chi connectivity index (χ2n) is 5.60. The smallest absolute Gasteiger partial charge is 0.360 e. The van der Waals surface area contributed by atoms with Crippen LogP contribution in [0.4, 0.5) is 5.69 Å². The number of nitrogens with zero attached hydrogens (tertiary/aromatic N) is 3. The molecule has 2 rings (SSSR count). The van der Waals surface area contributed by atoms with Crippen molar-refractivity contribution in [1.29, 1.82) is 0 Å². The lowest BCUT2D eigenvalue weighted by atomic mass is 10.1. The normalized spacial score (nSPS) is 10.4. The van der Waals surface area contributed by atoms with Crippen LogP contribution in [0, 0.1) is 17.0 Å². The number of benzene rings is 1. The molecule has 0 radical (unpaired) electrons. The lowest BCUT2D eigenvalue weighted by Crippen LogP contribution is -2.31. The van der Waals surface area contributed by atoms with E-state index in [1.54, 1.807) is 13.0 Å². The number of aromatic nitrogens is 1. The van der Waals surface area contributed by atoms with Gasteiger partial charge in [-0.25, -0.2) is 9.78 Å². The van der Waals surface area contributed by atoms with Gasteiger partial charge in [-0.3, -0.25) is 14.9 Å². The Morgan fingerprint density at radius 2 is 2.12 bits per heavy atom. The molecule has 1 aromatic carbocycles. The Hall–Kier alpha value is -3.23. The molecule has 0 saturated carbocycles. The van der Waals surface area contributed by atoms with Gasteiger partial charge in [-0.05, 0) is 19.4 Å². The van der Waals surface area contributed by atoms with Crippen LogP contribution >= 0.6 is 0 Å². The molecule has 1 aromatic heterocycles. The molecule has 0 unspecified atom stereocenters. The van der Waals surface area contributed by atoms with Crippen molar-refractivity contribution in [3.05, 3.63) is 57.3 Å². The first kappa shape index (κ1) is 19.1. The lowest BCUT2D eigenvalue weighted by Gasteiger charge is -2.20. The van der Waals surface area contributed by atoms with Gasteiger partial charge >= 0.3 is 5.97 Å². The molecule has 0 aliphatic rings. The Labute approximate surface area is 149 Å². The van der Waals surface area contributed by atoms with Crippen LogP contribution in [0.25, 0.3) is 0 Å². The number of nitro groups is 1. The minimum atomic E-state index is -0.637. The maximum atomic E-state index is 12.8. The van der Waals surface area contributed by atoms with Crippen LogP contribution in [-0.4, -0.2) is 40.3 Å². The number of amides is 1. The van der Waals surface area contributed by atoms with Crippen molar-refractivity contribution in [3.8, 4) is 0 Å². The summed E-state index contributed by atoms with van der Waals surface area (Å²) in [6.45, 7) is 3.94. The number of rotatable bonds is 7. The van der Waals surface area contributed by atoms with Crippen LogP contribution < -0.4 is 0 Å². The first-order valence-corrected chi connectivity index (χ1v) is 7.94. The van der Waals surface area contributed by atoms with Gasteiger partial charge < -0.3 is 14.1 Å². The highest BCUT2D eigenvalue weighted by Crippen LogP contribution is 2.21. The number of hydrogen-bond donors (Lipinski definition) is 0. The second-order valence-corrected chi connectivity index (χ2v) is 5.60. The van der Waals surface area contributed by atoms with Crippen molar-refractivity contribution < 1.29 is 23.7 Å². The average molecular weight is 361 g/mol. The first-order valence-electron chi connectivity index (χ1n) is 7.94. The highest BCUT2D eigenvalue weighted by atomic mass is 16.6. The largest absolute Gasteiger partial charge is 0.464 e. The lowest BCUT2D eigenvalue weighted by molar-refractivity contribution is -0.385. The summed E-state index contributed by atoms with van der Waals surface area (Å²) < 4.78 is 9.78. The molecule has 0 aliphatic carbocycles. The number of aryl methyl sites for hydroxylation is 1. The summed E-state index contributed by atoms with van der Waals surface area (Å²) in [4.78, 5) is 40.2. The molecule has 1 amide bonds. The fourth-order valence-corrected chi connectivity index (χ4v) is 2.39. The van der Waals surface area contributed by atoms with Crippen molar-refractivity contribution >= 4 is 17.6 Å². The number of esters is 1. The summed E-state index contributed by atoms with van der Waals surface area (Å²) in [5.41, 5.74) is 0.577. The fourth-order valence-electron chi connectivity index (χ4n) is 2.39. The number of carbonyl (C=O) groups excluding carboxylic acids is 2. The Morgan fingerprint density at radius 1 is 1.38 bits per heavy atom. The third kappa shape index (κ3) is 4.24. The zero-order valence-corrected chi connectivity index (χ0v) is 14.7. The van der Waals surface area contributed by atoms with E-state index >= 15 is 0 Å². The average Bonchev–Trinajstić information content (AvgIpc) is 3.09. The summed E-state index contributed by atoms with van der Waals surface area (Å²) in [5.74, 6) is -0.843. The molecule has 0 bridgehead atoms. The van der Waals surface area contributed by atoms with Gasteiger partial charge in [0.25, 0.3) is 11.6 Å². The standard InChI is InChI=1S/C17H19N3O6/c1-4-7-19(9-15-18-13(10-26-15)17(22)25-3)16(21)12-6-5-11(2)14(8-12)20(23)24/h5-6,8,10H,4,7,9H2,1-3H3. The number of oxazole rings is 1. The Bertz CT molecular complexity index is 830. The van der Waals surface area contributed by atoms with Crippen molar-refractivity contribution in [2.75, 3.05) is 13.7 Å². The zero-order chi connectivity index (χ0) is 19.3. The number of methoxy groups -OCH3 is 1. The van der Waals surface area contributed by atoms with Crippen LogP contribution in [0.5, 0.6) is 0 Å². The van der Waals surface area contributed by atoms with Crippen LogP contribution in [0.15, 0.2) is 28.9 Å². The molecule has 2 aromatic rings. The quantitative estimate of drug-likeness (QED) is 0.423. The van der Waals surface area contributed by atoms with E-state index in [1.807, 2.05) is 6.92 Å². The summed E-state index contributed by atoms with van der Waals surface area (Å²) in [6.07, 6.45) is 1.83. The third-order valence-electron chi connectivity index (χ3n) is 3.71. The number of carbonyl (C=O) groups is 2. The molecule has 0 atom stereocenters. The first-order chi connectivity index (χ1) is 12.4. The molecular weight excluding hydrogens is 342 g/mol. The SMILES string of the molecule is CCCN(Cc1nc(C(=O)OC)co1)C(=O)c1ccc(C)c([N+](=O)[O-])c1. The van der Waals surface area contributed by atoms with Crippen LogP contribution in [0.2, 0.25) is 0 Å². The maximum absolute atomic E-state index is 12.8. The minimum absolute atomic E-state index is 0.0115. The minimum Gasteiger partial charge on any atom is -0.464 e. The molecule has 9 nitrogen and oxygen atoms in total. The van der Waals surface area contributed by atoms with E-state index in [-0.39, 0.29) is 35.3 Å². The molecule has 0 fully saturated rings. The van der Waals surface area contributed by atoms with E-state index in [0.717, 1.165) is 6.26 Å². The van der Waals surface area contributed by atoms with E-state index in [9.17, 15) is 19.7 Å². The van der Waals surface area contributed by atoms with Crippen molar-refractivity contribution in [3.63, 3.8) is 0 Å². The molecule has 0 spiro atoms. The Kier molecular flexibility index (Phi) is 6.05. The van der Waals surface area contributed by atoms with Gasteiger partial charge in [-0.1, -0.05) is 13.0 Å². The van der Waals surface area contributed by atoms with Gasteiger partial charge in [-0.15, -0.1) is 0 Å².